The zero-order chi connectivity index (χ0) is 16.5. The third kappa shape index (κ3) is 6.44. The summed E-state index contributed by atoms with van der Waals surface area (Å²) in [5, 5.41) is 7.52. The molecule has 0 saturated heterocycles. The predicted molar refractivity (Wildman–Crippen MR) is 98.7 cm³/mol. The van der Waals surface area contributed by atoms with Crippen molar-refractivity contribution < 1.29 is 9.47 Å². The normalized spacial score (nSPS) is 10.2. The molecular weight excluding hydrogens is 332 g/mol. The van der Waals surface area contributed by atoms with E-state index in [0.29, 0.717) is 16.7 Å². The molecule has 2 aromatic rings. The van der Waals surface area contributed by atoms with Crippen LogP contribution in [0.4, 0.5) is 5.69 Å². The van der Waals surface area contributed by atoms with E-state index in [9.17, 15) is 0 Å². The van der Waals surface area contributed by atoms with Gasteiger partial charge in [0.05, 0.1) is 0 Å². The van der Waals surface area contributed by atoms with Crippen molar-refractivity contribution in [3.05, 3.63) is 53.6 Å². The highest BCUT2D eigenvalue weighted by Crippen LogP contribution is 2.24. The maximum atomic E-state index is 5.85. The summed E-state index contributed by atoms with van der Waals surface area (Å²) in [6.45, 7) is 1.49. The number of methoxy groups -OCH3 is 1. The summed E-state index contributed by atoms with van der Waals surface area (Å²) in [5.41, 5.74) is 0.901. The standard InChI is InChI=1S/C17H19ClN2O2S/c1-21-12-2-11-19-17(23)20-14-5-9-16(10-6-14)22-15-7-3-13(18)4-8-15/h3-10H,2,11-12H2,1H3,(H2,19,20,23). The van der Waals surface area contributed by atoms with Crippen LogP contribution in [0.25, 0.3) is 0 Å². The first kappa shape index (κ1) is 17.5. The zero-order valence-corrected chi connectivity index (χ0v) is 14.4. The molecule has 6 heteroatoms. The predicted octanol–water partition coefficient (Wildman–Crippen LogP) is 4.46. The van der Waals surface area contributed by atoms with Crippen molar-refractivity contribution in [2.45, 2.75) is 6.42 Å². The van der Waals surface area contributed by atoms with E-state index < -0.39 is 0 Å². The van der Waals surface area contributed by atoms with E-state index in [2.05, 4.69) is 10.6 Å². The van der Waals surface area contributed by atoms with E-state index >= 15 is 0 Å². The number of ether oxygens (including phenoxy) is 2. The molecule has 0 amide bonds. The van der Waals surface area contributed by atoms with Crippen molar-refractivity contribution in [3.8, 4) is 11.5 Å². The molecule has 0 saturated carbocycles. The SMILES string of the molecule is COCCCNC(=S)Nc1ccc(Oc2ccc(Cl)cc2)cc1. The van der Waals surface area contributed by atoms with Gasteiger partial charge >= 0.3 is 0 Å². The molecule has 2 aromatic carbocycles. The topological polar surface area (TPSA) is 42.5 Å². The molecule has 0 aliphatic heterocycles. The summed E-state index contributed by atoms with van der Waals surface area (Å²) in [4.78, 5) is 0. The minimum Gasteiger partial charge on any atom is -0.457 e. The lowest BCUT2D eigenvalue weighted by atomic mass is 10.3. The first-order chi connectivity index (χ1) is 11.2. The molecule has 4 nitrogen and oxygen atoms in total. The molecule has 0 heterocycles. The van der Waals surface area contributed by atoms with Crippen LogP contribution in [0.1, 0.15) is 6.42 Å². The van der Waals surface area contributed by atoms with Crippen LogP contribution in [0.2, 0.25) is 5.02 Å². The van der Waals surface area contributed by atoms with E-state index in [1.807, 2.05) is 36.4 Å². The van der Waals surface area contributed by atoms with Crippen LogP contribution in [0, 0.1) is 0 Å². The van der Waals surface area contributed by atoms with Gasteiger partial charge in [0.1, 0.15) is 11.5 Å². The molecule has 2 N–H and O–H groups in total. The number of rotatable bonds is 7. The van der Waals surface area contributed by atoms with Crippen LogP contribution in [0.5, 0.6) is 11.5 Å². The summed E-state index contributed by atoms with van der Waals surface area (Å²) in [6, 6.07) is 14.8. The third-order valence-electron chi connectivity index (χ3n) is 2.97. The molecule has 0 atom stereocenters. The van der Waals surface area contributed by atoms with Crippen molar-refractivity contribution in [1.82, 2.24) is 5.32 Å². The van der Waals surface area contributed by atoms with Gasteiger partial charge in [-0.2, -0.15) is 0 Å². The second-order valence-corrected chi connectivity index (χ2v) is 5.65. The van der Waals surface area contributed by atoms with Crippen molar-refractivity contribution in [1.29, 1.82) is 0 Å². The largest absolute Gasteiger partial charge is 0.457 e. The van der Waals surface area contributed by atoms with Gasteiger partial charge in [-0.25, -0.2) is 0 Å². The van der Waals surface area contributed by atoms with Gasteiger partial charge in [0.15, 0.2) is 5.11 Å². The molecule has 0 fully saturated rings. The second-order valence-electron chi connectivity index (χ2n) is 4.81. The number of thiocarbonyl (C=S) groups is 1. The van der Waals surface area contributed by atoms with Crippen LogP contribution in [0.3, 0.4) is 0 Å². The Kier molecular flexibility index (Phi) is 7.13. The second kappa shape index (κ2) is 9.35. The Labute approximate surface area is 146 Å². The Morgan fingerprint density at radius 3 is 2.26 bits per heavy atom. The first-order valence-electron chi connectivity index (χ1n) is 7.24. The number of hydrogen-bond acceptors (Lipinski definition) is 3. The lowest BCUT2D eigenvalue weighted by Gasteiger charge is -2.11. The van der Waals surface area contributed by atoms with Crippen molar-refractivity contribution in [2.24, 2.45) is 0 Å². The van der Waals surface area contributed by atoms with E-state index in [4.69, 9.17) is 33.3 Å². The van der Waals surface area contributed by atoms with Gasteiger partial charge in [0.2, 0.25) is 0 Å². The minimum absolute atomic E-state index is 0.590. The van der Waals surface area contributed by atoms with Gasteiger partial charge in [0, 0.05) is 31.0 Å². The fraction of sp³-hybridized carbons (Fsp3) is 0.235. The smallest absolute Gasteiger partial charge is 0.170 e. The summed E-state index contributed by atoms with van der Waals surface area (Å²) >= 11 is 11.1. The van der Waals surface area contributed by atoms with Gasteiger partial charge in [-0.3, -0.25) is 0 Å². The van der Waals surface area contributed by atoms with Crippen molar-refractivity contribution >= 4 is 34.6 Å². The highest BCUT2D eigenvalue weighted by atomic mass is 35.5. The summed E-state index contributed by atoms with van der Waals surface area (Å²) in [7, 11) is 1.68. The molecule has 0 unspecified atom stereocenters. The van der Waals surface area contributed by atoms with Crippen LogP contribution in [-0.4, -0.2) is 25.4 Å². The number of nitrogens with one attached hydrogen (secondary N) is 2. The van der Waals surface area contributed by atoms with Crippen LogP contribution < -0.4 is 15.4 Å². The maximum absolute atomic E-state index is 5.85. The van der Waals surface area contributed by atoms with Gasteiger partial charge < -0.3 is 20.1 Å². The lowest BCUT2D eigenvalue weighted by molar-refractivity contribution is 0.196. The molecule has 23 heavy (non-hydrogen) atoms. The average molecular weight is 351 g/mol. The van der Waals surface area contributed by atoms with Crippen molar-refractivity contribution in [2.75, 3.05) is 25.6 Å². The molecule has 0 bridgehead atoms. The number of benzene rings is 2. The van der Waals surface area contributed by atoms with E-state index in [1.165, 1.54) is 0 Å². The zero-order valence-electron chi connectivity index (χ0n) is 12.8. The third-order valence-corrected chi connectivity index (χ3v) is 3.47. The minimum atomic E-state index is 0.590. The number of anilines is 1. The molecular formula is C17H19ClN2O2S. The highest BCUT2D eigenvalue weighted by molar-refractivity contribution is 7.80. The van der Waals surface area contributed by atoms with Crippen molar-refractivity contribution in [3.63, 3.8) is 0 Å². The molecule has 0 radical (unpaired) electrons. The summed E-state index contributed by atoms with van der Waals surface area (Å²) in [6.07, 6.45) is 0.909. The monoisotopic (exact) mass is 350 g/mol. The Morgan fingerprint density at radius 1 is 1.04 bits per heavy atom. The van der Waals surface area contributed by atoms with Gasteiger partial charge in [-0.05, 0) is 67.2 Å². The Hall–Kier alpha value is -1.82. The lowest BCUT2D eigenvalue weighted by Crippen LogP contribution is -2.29. The number of halogens is 1. The van der Waals surface area contributed by atoms with Crippen LogP contribution >= 0.6 is 23.8 Å². The quantitative estimate of drug-likeness (QED) is 0.570. The Balaban J connectivity index is 1.82. The Bertz CT molecular complexity index is 617. The molecule has 0 aromatic heterocycles. The summed E-state index contributed by atoms with van der Waals surface area (Å²) in [5.74, 6) is 1.49. The Morgan fingerprint density at radius 2 is 1.65 bits per heavy atom. The summed E-state index contributed by atoms with van der Waals surface area (Å²) < 4.78 is 10.7. The number of hydrogen-bond donors (Lipinski definition) is 2. The molecule has 0 spiro atoms. The van der Waals surface area contributed by atoms with E-state index in [0.717, 1.165) is 30.2 Å². The van der Waals surface area contributed by atoms with Gasteiger partial charge in [-0.1, -0.05) is 11.6 Å². The van der Waals surface area contributed by atoms with Gasteiger partial charge in [0.25, 0.3) is 0 Å². The van der Waals surface area contributed by atoms with E-state index in [-0.39, 0.29) is 0 Å². The molecule has 0 aliphatic carbocycles. The fourth-order valence-corrected chi connectivity index (χ4v) is 2.18. The molecule has 0 aliphatic rings. The fourth-order valence-electron chi connectivity index (χ4n) is 1.84. The highest BCUT2D eigenvalue weighted by Gasteiger charge is 2.00. The van der Waals surface area contributed by atoms with Crippen LogP contribution in [0.15, 0.2) is 48.5 Å². The van der Waals surface area contributed by atoms with E-state index in [1.54, 1.807) is 19.2 Å². The average Bonchev–Trinajstić information content (AvgIpc) is 2.56. The van der Waals surface area contributed by atoms with Gasteiger partial charge in [-0.15, -0.1) is 0 Å². The molecule has 122 valence electrons. The van der Waals surface area contributed by atoms with Crippen LogP contribution in [-0.2, 0) is 4.74 Å². The molecule has 2 rings (SSSR count). The maximum Gasteiger partial charge on any atom is 0.170 e. The first-order valence-corrected chi connectivity index (χ1v) is 8.03.